The maximum Gasteiger partial charge on any atom is 0.179 e. The van der Waals surface area contributed by atoms with Crippen molar-refractivity contribution in [2.45, 2.75) is 13.3 Å². The van der Waals surface area contributed by atoms with Crippen LogP contribution in [0, 0.1) is 0 Å². The fourth-order valence-electron chi connectivity index (χ4n) is 2.04. The Balaban J connectivity index is 2.38. The first-order chi connectivity index (χ1) is 9.36. The molecule has 19 heavy (non-hydrogen) atoms. The van der Waals surface area contributed by atoms with E-state index in [1.165, 1.54) is 0 Å². The van der Waals surface area contributed by atoms with Gasteiger partial charge in [0.15, 0.2) is 5.84 Å². The van der Waals surface area contributed by atoms with E-state index in [9.17, 15) is 5.21 Å². The summed E-state index contributed by atoms with van der Waals surface area (Å²) in [6, 6.07) is 19.7. The lowest BCUT2D eigenvalue weighted by Crippen LogP contribution is -2.32. The van der Waals surface area contributed by atoms with Crippen LogP contribution in [0.15, 0.2) is 65.8 Å². The van der Waals surface area contributed by atoms with Crippen molar-refractivity contribution in [1.82, 2.24) is 0 Å². The first kappa shape index (κ1) is 13.1. The smallest absolute Gasteiger partial charge is 0.179 e. The molecule has 0 atom stereocenters. The highest BCUT2D eigenvalue weighted by molar-refractivity contribution is 6.09. The molecule has 0 spiro atoms. The Morgan fingerprint density at radius 1 is 1.00 bits per heavy atom. The molecule has 98 valence electrons. The molecular formula is C16H18N2O. The topological polar surface area (TPSA) is 35.8 Å². The van der Waals surface area contributed by atoms with Gasteiger partial charge in [0.05, 0.1) is 0 Å². The molecule has 3 heteroatoms. The lowest BCUT2D eigenvalue weighted by molar-refractivity contribution is 0.318. The van der Waals surface area contributed by atoms with Crippen LogP contribution in [0.2, 0.25) is 0 Å². The Bertz CT molecular complexity index is 523. The zero-order valence-electron chi connectivity index (χ0n) is 11.0. The summed E-state index contributed by atoms with van der Waals surface area (Å²) < 4.78 is 0. The summed E-state index contributed by atoms with van der Waals surface area (Å²) in [6.45, 7) is 2.91. The highest BCUT2D eigenvalue weighted by Crippen LogP contribution is 2.17. The summed E-state index contributed by atoms with van der Waals surface area (Å²) >= 11 is 0. The lowest BCUT2D eigenvalue weighted by Gasteiger charge is -2.24. The van der Waals surface area contributed by atoms with Crippen molar-refractivity contribution in [3.8, 4) is 0 Å². The molecule has 0 fully saturated rings. The summed E-state index contributed by atoms with van der Waals surface area (Å²) in [7, 11) is 0. The van der Waals surface area contributed by atoms with Gasteiger partial charge in [-0.3, -0.25) is 0 Å². The predicted octanol–water partition coefficient (Wildman–Crippen LogP) is 3.74. The van der Waals surface area contributed by atoms with Gasteiger partial charge in [0.1, 0.15) is 0 Å². The monoisotopic (exact) mass is 254 g/mol. The number of oxime groups is 1. The van der Waals surface area contributed by atoms with Crippen LogP contribution in [0.5, 0.6) is 0 Å². The number of nitrogens with zero attached hydrogens (tertiary/aromatic N) is 2. The highest BCUT2D eigenvalue weighted by Gasteiger charge is 2.15. The molecular weight excluding hydrogens is 236 g/mol. The molecule has 2 rings (SSSR count). The quantitative estimate of drug-likeness (QED) is 0.390. The number of rotatable bonds is 4. The Morgan fingerprint density at radius 2 is 1.58 bits per heavy atom. The van der Waals surface area contributed by atoms with E-state index < -0.39 is 0 Å². The minimum absolute atomic E-state index is 0.577. The zero-order valence-corrected chi connectivity index (χ0v) is 11.0. The third-order valence-corrected chi connectivity index (χ3v) is 2.90. The molecule has 0 aliphatic heterocycles. The van der Waals surface area contributed by atoms with Gasteiger partial charge in [-0.15, -0.1) is 0 Å². The van der Waals surface area contributed by atoms with Crippen LogP contribution in [0.25, 0.3) is 0 Å². The summed E-state index contributed by atoms with van der Waals surface area (Å²) in [6.07, 6.45) is 0.973. The molecule has 0 aliphatic rings. The molecule has 0 saturated carbocycles. The maximum atomic E-state index is 9.38. The fourth-order valence-corrected chi connectivity index (χ4v) is 2.04. The summed E-state index contributed by atoms with van der Waals surface area (Å²) in [4.78, 5) is 2.02. The van der Waals surface area contributed by atoms with E-state index in [1.807, 2.05) is 65.6 Å². The van der Waals surface area contributed by atoms with Crippen molar-refractivity contribution in [1.29, 1.82) is 0 Å². The average molecular weight is 254 g/mol. The van der Waals surface area contributed by atoms with Gasteiger partial charge in [0.25, 0.3) is 0 Å². The molecule has 0 radical (unpaired) electrons. The van der Waals surface area contributed by atoms with Gasteiger partial charge >= 0.3 is 0 Å². The molecule has 1 N–H and O–H groups in total. The number of para-hydroxylation sites is 1. The molecule has 2 aromatic carbocycles. The van der Waals surface area contributed by atoms with E-state index in [4.69, 9.17) is 0 Å². The van der Waals surface area contributed by atoms with Gasteiger partial charge in [-0.1, -0.05) is 60.6 Å². The van der Waals surface area contributed by atoms with Gasteiger partial charge in [-0.25, -0.2) is 0 Å². The van der Waals surface area contributed by atoms with Gasteiger partial charge < -0.3 is 10.1 Å². The molecule has 0 saturated heterocycles. The van der Waals surface area contributed by atoms with E-state index in [0.29, 0.717) is 5.84 Å². The number of benzene rings is 2. The van der Waals surface area contributed by atoms with Crippen LogP contribution in [-0.2, 0) is 0 Å². The van der Waals surface area contributed by atoms with E-state index in [1.54, 1.807) is 0 Å². The Kier molecular flexibility index (Phi) is 4.56. The van der Waals surface area contributed by atoms with E-state index >= 15 is 0 Å². The van der Waals surface area contributed by atoms with E-state index in [2.05, 4.69) is 12.1 Å². The van der Waals surface area contributed by atoms with Crippen molar-refractivity contribution in [3.05, 3.63) is 66.2 Å². The van der Waals surface area contributed by atoms with Crippen LogP contribution >= 0.6 is 0 Å². The first-order valence-corrected chi connectivity index (χ1v) is 6.47. The normalized spacial score (nSPS) is 11.3. The molecule has 0 unspecified atom stereocenters. The minimum atomic E-state index is 0.577. The van der Waals surface area contributed by atoms with Crippen molar-refractivity contribution in [2.24, 2.45) is 5.16 Å². The van der Waals surface area contributed by atoms with Gasteiger partial charge in [0.2, 0.25) is 0 Å². The van der Waals surface area contributed by atoms with Crippen LogP contribution in [-0.4, -0.2) is 17.6 Å². The van der Waals surface area contributed by atoms with Crippen molar-refractivity contribution in [2.75, 3.05) is 11.4 Å². The second-order valence-corrected chi connectivity index (χ2v) is 4.28. The standard InChI is InChI=1S/C16H18N2O/c1-2-13-18(15-11-7-4-8-12-15)16(17-19)14-9-5-3-6-10-14/h3-12,19H,2,13H2,1H3. The van der Waals surface area contributed by atoms with Crippen LogP contribution in [0.1, 0.15) is 18.9 Å². The largest absolute Gasteiger partial charge is 0.409 e. The molecule has 0 bridgehead atoms. The molecule has 0 heterocycles. The number of amidine groups is 1. The number of anilines is 1. The minimum Gasteiger partial charge on any atom is -0.409 e. The van der Waals surface area contributed by atoms with Crippen molar-refractivity contribution < 1.29 is 5.21 Å². The summed E-state index contributed by atoms with van der Waals surface area (Å²) in [5.41, 5.74) is 1.93. The summed E-state index contributed by atoms with van der Waals surface area (Å²) in [5.74, 6) is 0.577. The van der Waals surface area contributed by atoms with Crippen molar-refractivity contribution >= 4 is 11.5 Å². The number of hydrogen-bond donors (Lipinski definition) is 1. The van der Waals surface area contributed by atoms with Gasteiger partial charge in [-0.2, -0.15) is 0 Å². The predicted molar refractivity (Wildman–Crippen MR) is 78.8 cm³/mol. The second kappa shape index (κ2) is 6.59. The summed E-state index contributed by atoms with van der Waals surface area (Å²) in [5, 5.41) is 12.9. The maximum absolute atomic E-state index is 9.38. The molecule has 0 amide bonds. The van der Waals surface area contributed by atoms with Crippen LogP contribution < -0.4 is 4.90 Å². The van der Waals surface area contributed by atoms with E-state index in [0.717, 1.165) is 24.2 Å². The molecule has 0 aliphatic carbocycles. The van der Waals surface area contributed by atoms with Crippen LogP contribution in [0.4, 0.5) is 5.69 Å². The van der Waals surface area contributed by atoms with Gasteiger partial charge in [0, 0.05) is 17.8 Å². The van der Waals surface area contributed by atoms with Gasteiger partial charge in [-0.05, 0) is 18.6 Å². The Morgan fingerprint density at radius 3 is 2.11 bits per heavy atom. The lowest BCUT2D eigenvalue weighted by atomic mass is 10.1. The SMILES string of the molecule is CCCN(C(=NO)c1ccccc1)c1ccccc1. The van der Waals surface area contributed by atoms with Crippen molar-refractivity contribution in [3.63, 3.8) is 0 Å². The fraction of sp³-hybridized carbons (Fsp3) is 0.188. The molecule has 0 aromatic heterocycles. The zero-order chi connectivity index (χ0) is 13.5. The Hall–Kier alpha value is -2.29. The molecule has 2 aromatic rings. The number of hydrogen-bond acceptors (Lipinski definition) is 2. The third kappa shape index (κ3) is 3.13. The third-order valence-electron chi connectivity index (χ3n) is 2.90. The highest BCUT2D eigenvalue weighted by atomic mass is 16.4. The molecule has 3 nitrogen and oxygen atoms in total. The van der Waals surface area contributed by atoms with E-state index in [-0.39, 0.29) is 0 Å². The average Bonchev–Trinajstić information content (AvgIpc) is 2.49. The van der Waals surface area contributed by atoms with Crippen LogP contribution in [0.3, 0.4) is 0 Å². The first-order valence-electron chi connectivity index (χ1n) is 6.47. The second-order valence-electron chi connectivity index (χ2n) is 4.28. The Labute approximate surface area is 113 Å².